The van der Waals surface area contributed by atoms with E-state index in [1.807, 2.05) is 30.3 Å². The molecule has 0 aliphatic heterocycles. The van der Waals surface area contributed by atoms with Crippen LogP contribution in [0.1, 0.15) is 26.5 Å². The lowest BCUT2D eigenvalue weighted by molar-refractivity contribution is 0.0946. The molecule has 120 valence electrons. The van der Waals surface area contributed by atoms with Crippen molar-refractivity contribution in [2.24, 2.45) is 0 Å². The second-order valence-corrected chi connectivity index (χ2v) is 5.16. The lowest BCUT2D eigenvalue weighted by Gasteiger charge is -2.06. The molecule has 0 radical (unpaired) electrons. The van der Waals surface area contributed by atoms with Crippen molar-refractivity contribution in [3.8, 4) is 0 Å². The minimum Gasteiger partial charge on any atom is -0.467 e. The molecule has 0 saturated carbocycles. The first kappa shape index (κ1) is 15.6. The standard InChI is InChI=1S/C19H16N2O3/c22-18(20-13-17-7-4-12-24-17)14-8-10-15(11-9-14)19(23)21-16-5-2-1-3-6-16/h1-12H,13H2,(H,20,22)(H,21,23). The minimum atomic E-state index is -0.221. The van der Waals surface area contributed by atoms with Crippen molar-refractivity contribution in [2.75, 3.05) is 5.32 Å². The summed E-state index contributed by atoms with van der Waals surface area (Å²) in [5, 5.41) is 5.56. The van der Waals surface area contributed by atoms with E-state index in [4.69, 9.17) is 4.42 Å². The van der Waals surface area contributed by atoms with E-state index in [-0.39, 0.29) is 11.8 Å². The topological polar surface area (TPSA) is 71.3 Å². The van der Waals surface area contributed by atoms with Gasteiger partial charge in [0, 0.05) is 16.8 Å². The van der Waals surface area contributed by atoms with Crippen LogP contribution in [0.25, 0.3) is 0 Å². The number of hydrogen-bond donors (Lipinski definition) is 2. The van der Waals surface area contributed by atoms with Crippen molar-refractivity contribution >= 4 is 17.5 Å². The zero-order valence-corrected chi connectivity index (χ0v) is 12.9. The Morgan fingerprint density at radius 1 is 0.792 bits per heavy atom. The van der Waals surface area contributed by atoms with Gasteiger partial charge in [0.1, 0.15) is 5.76 Å². The molecule has 0 unspecified atom stereocenters. The van der Waals surface area contributed by atoms with Crippen molar-refractivity contribution in [3.63, 3.8) is 0 Å². The number of rotatable bonds is 5. The highest BCUT2D eigenvalue weighted by atomic mass is 16.3. The van der Waals surface area contributed by atoms with Crippen molar-refractivity contribution < 1.29 is 14.0 Å². The second-order valence-electron chi connectivity index (χ2n) is 5.16. The van der Waals surface area contributed by atoms with Gasteiger partial charge < -0.3 is 15.1 Å². The Morgan fingerprint density at radius 2 is 1.46 bits per heavy atom. The molecule has 1 heterocycles. The largest absolute Gasteiger partial charge is 0.467 e. The summed E-state index contributed by atoms with van der Waals surface area (Å²) in [6.07, 6.45) is 1.56. The van der Waals surface area contributed by atoms with E-state index in [1.165, 1.54) is 0 Å². The fraction of sp³-hybridized carbons (Fsp3) is 0.0526. The molecule has 0 fully saturated rings. The molecule has 3 aromatic rings. The highest BCUT2D eigenvalue weighted by Crippen LogP contribution is 2.10. The van der Waals surface area contributed by atoms with Gasteiger partial charge in [0.15, 0.2) is 0 Å². The quantitative estimate of drug-likeness (QED) is 0.756. The molecule has 3 rings (SSSR count). The van der Waals surface area contributed by atoms with Gasteiger partial charge in [-0.25, -0.2) is 0 Å². The summed E-state index contributed by atoms with van der Waals surface area (Å²) in [4.78, 5) is 24.2. The Morgan fingerprint density at radius 3 is 2.08 bits per heavy atom. The summed E-state index contributed by atoms with van der Waals surface area (Å²) in [6, 6.07) is 19.3. The van der Waals surface area contributed by atoms with E-state index >= 15 is 0 Å². The van der Waals surface area contributed by atoms with E-state index < -0.39 is 0 Å². The van der Waals surface area contributed by atoms with E-state index in [9.17, 15) is 9.59 Å². The van der Waals surface area contributed by atoms with Crippen LogP contribution in [0.15, 0.2) is 77.4 Å². The first-order valence-electron chi connectivity index (χ1n) is 7.49. The van der Waals surface area contributed by atoms with Gasteiger partial charge >= 0.3 is 0 Å². The molecule has 0 atom stereocenters. The predicted molar refractivity (Wildman–Crippen MR) is 90.7 cm³/mol. The van der Waals surface area contributed by atoms with Crippen LogP contribution in [-0.2, 0) is 6.54 Å². The molecule has 0 bridgehead atoms. The van der Waals surface area contributed by atoms with Gasteiger partial charge in [-0.1, -0.05) is 18.2 Å². The predicted octanol–water partition coefficient (Wildman–Crippen LogP) is 3.46. The van der Waals surface area contributed by atoms with Crippen LogP contribution in [0.4, 0.5) is 5.69 Å². The maximum absolute atomic E-state index is 12.2. The highest BCUT2D eigenvalue weighted by Gasteiger charge is 2.09. The summed E-state index contributed by atoms with van der Waals surface area (Å²) in [5.74, 6) is 0.243. The normalized spacial score (nSPS) is 10.2. The molecule has 0 saturated heterocycles. The number of benzene rings is 2. The fourth-order valence-corrected chi connectivity index (χ4v) is 2.18. The minimum absolute atomic E-state index is 0.219. The third-order valence-electron chi connectivity index (χ3n) is 3.44. The van der Waals surface area contributed by atoms with Gasteiger partial charge in [-0.2, -0.15) is 0 Å². The number of carbonyl (C=O) groups excluding carboxylic acids is 2. The molecule has 24 heavy (non-hydrogen) atoms. The van der Waals surface area contributed by atoms with Crippen LogP contribution >= 0.6 is 0 Å². The molecular weight excluding hydrogens is 304 g/mol. The van der Waals surface area contributed by atoms with Gasteiger partial charge in [0.25, 0.3) is 11.8 Å². The van der Waals surface area contributed by atoms with E-state index in [0.29, 0.717) is 23.4 Å². The number of nitrogens with one attached hydrogen (secondary N) is 2. The number of para-hydroxylation sites is 1. The van der Waals surface area contributed by atoms with E-state index in [1.54, 1.807) is 42.7 Å². The Bertz CT molecular complexity index is 810. The Kier molecular flexibility index (Phi) is 4.72. The number of amides is 2. The van der Waals surface area contributed by atoms with Gasteiger partial charge in [-0.05, 0) is 48.5 Å². The summed E-state index contributed by atoms with van der Waals surface area (Å²) < 4.78 is 5.16. The Hall–Kier alpha value is -3.34. The van der Waals surface area contributed by atoms with Crippen molar-refractivity contribution in [1.29, 1.82) is 0 Å². The first-order valence-corrected chi connectivity index (χ1v) is 7.49. The number of anilines is 1. The molecule has 0 aliphatic rings. The third-order valence-corrected chi connectivity index (χ3v) is 3.44. The number of hydrogen-bond acceptors (Lipinski definition) is 3. The summed E-state index contributed by atoms with van der Waals surface area (Å²) in [7, 11) is 0. The van der Waals surface area contributed by atoms with E-state index in [2.05, 4.69) is 10.6 Å². The van der Waals surface area contributed by atoms with Crippen LogP contribution < -0.4 is 10.6 Å². The second kappa shape index (κ2) is 7.28. The number of carbonyl (C=O) groups is 2. The molecular formula is C19H16N2O3. The van der Waals surface area contributed by atoms with Crippen LogP contribution in [0.3, 0.4) is 0 Å². The molecule has 2 N–H and O–H groups in total. The lowest BCUT2D eigenvalue weighted by Crippen LogP contribution is -2.22. The van der Waals surface area contributed by atoms with Crippen LogP contribution in [0.5, 0.6) is 0 Å². The van der Waals surface area contributed by atoms with Crippen LogP contribution in [0, 0.1) is 0 Å². The molecule has 2 amide bonds. The number of furan rings is 1. The zero-order chi connectivity index (χ0) is 16.8. The van der Waals surface area contributed by atoms with Gasteiger partial charge in [0.2, 0.25) is 0 Å². The SMILES string of the molecule is O=C(NCc1ccco1)c1ccc(C(=O)Nc2ccccc2)cc1. The Labute approximate surface area is 139 Å². The first-order chi connectivity index (χ1) is 11.7. The summed E-state index contributed by atoms with van der Waals surface area (Å²) in [5.41, 5.74) is 1.70. The lowest BCUT2D eigenvalue weighted by atomic mass is 10.1. The average molecular weight is 320 g/mol. The highest BCUT2D eigenvalue weighted by molar-refractivity contribution is 6.05. The van der Waals surface area contributed by atoms with Crippen LogP contribution in [-0.4, -0.2) is 11.8 Å². The molecule has 5 heteroatoms. The van der Waals surface area contributed by atoms with Gasteiger partial charge in [0.05, 0.1) is 12.8 Å². The zero-order valence-electron chi connectivity index (χ0n) is 12.9. The van der Waals surface area contributed by atoms with Crippen molar-refractivity contribution in [3.05, 3.63) is 89.9 Å². The van der Waals surface area contributed by atoms with Crippen LogP contribution in [0.2, 0.25) is 0 Å². The third kappa shape index (κ3) is 3.89. The van der Waals surface area contributed by atoms with E-state index in [0.717, 1.165) is 5.69 Å². The monoisotopic (exact) mass is 320 g/mol. The van der Waals surface area contributed by atoms with Gasteiger partial charge in [-0.3, -0.25) is 9.59 Å². The fourth-order valence-electron chi connectivity index (χ4n) is 2.18. The molecule has 0 spiro atoms. The molecule has 5 nitrogen and oxygen atoms in total. The van der Waals surface area contributed by atoms with Crippen molar-refractivity contribution in [2.45, 2.75) is 6.54 Å². The maximum atomic E-state index is 12.2. The molecule has 0 aliphatic carbocycles. The van der Waals surface area contributed by atoms with Gasteiger partial charge in [-0.15, -0.1) is 0 Å². The molecule has 1 aromatic heterocycles. The van der Waals surface area contributed by atoms with Crippen molar-refractivity contribution in [1.82, 2.24) is 5.32 Å². The smallest absolute Gasteiger partial charge is 0.255 e. The molecule has 2 aromatic carbocycles. The Balaban J connectivity index is 1.60. The average Bonchev–Trinajstić information content (AvgIpc) is 3.14. The summed E-state index contributed by atoms with van der Waals surface area (Å²) in [6.45, 7) is 0.322. The maximum Gasteiger partial charge on any atom is 0.255 e. The summed E-state index contributed by atoms with van der Waals surface area (Å²) >= 11 is 0.